The molecule has 0 bridgehead atoms. The summed E-state index contributed by atoms with van der Waals surface area (Å²) in [6.45, 7) is 0. The molecular weight excluding hydrogens is 450 g/mol. The Labute approximate surface area is 196 Å². The van der Waals surface area contributed by atoms with Crippen LogP contribution >= 0.6 is 15.8 Å². The van der Waals surface area contributed by atoms with E-state index in [4.69, 9.17) is 0 Å². The molecule has 0 saturated heterocycles. The molecule has 4 N–H and O–H groups in total. The first-order valence-corrected chi connectivity index (χ1v) is 13.8. The highest BCUT2D eigenvalue weighted by Crippen LogP contribution is 2.40. The summed E-state index contributed by atoms with van der Waals surface area (Å²) in [7, 11) is -1.29. The average Bonchev–Trinajstić information content (AvgIpc) is 2.82. The lowest BCUT2D eigenvalue weighted by Crippen LogP contribution is -2.17. The van der Waals surface area contributed by atoms with Crippen LogP contribution in [0.4, 0.5) is 0 Å². The predicted octanol–water partition coefficient (Wildman–Crippen LogP) is 4.46. The molecule has 33 heavy (non-hydrogen) atoms. The van der Waals surface area contributed by atoms with Crippen molar-refractivity contribution in [2.45, 2.75) is 6.42 Å². The van der Waals surface area contributed by atoms with Crippen LogP contribution in [0.25, 0.3) is 0 Å². The van der Waals surface area contributed by atoms with E-state index in [1.807, 2.05) is 48.5 Å². The van der Waals surface area contributed by atoms with Gasteiger partial charge in [0.05, 0.1) is 0 Å². The highest BCUT2D eigenvalue weighted by molar-refractivity contribution is 7.74. The SMILES string of the molecule is Oc1ccc(P(CCCP(c2ccc(O)cc2)c2ccc(O)cc2)c2ccc(O)cc2)cc1. The van der Waals surface area contributed by atoms with Crippen molar-refractivity contribution >= 4 is 37.1 Å². The zero-order valence-electron chi connectivity index (χ0n) is 18.0. The summed E-state index contributed by atoms with van der Waals surface area (Å²) in [5.74, 6) is 1.01. The second-order valence-corrected chi connectivity index (χ2v) is 12.4. The Morgan fingerprint density at radius 2 is 0.576 bits per heavy atom. The van der Waals surface area contributed by atoms with E-state index in [-0.39, 0.29) is 23.0 Å². The number of rotatable bonds is 8. The van der Waals surface area contributed by atoms with Crippen LogP contribution in [0, 0.1) is 0 Å². The molecule has 0 atom stereocenters. The maximum Gasteiger partial charge on any atom is 0.115 e. The van der Waals surface area contributed by atoms with Crippen LogP contribution in [0.1, 0.15) is 6.42 Å². The molecule has 0 aliphatic heterocycles. The van der Waals surface area contributed by atoms with Gasteiger partial charge in [-0.05, 0) is 104 Å². The van der Waals surface area contributed by atoms with Crippen LogP contribution in [-0.4, -0.2) is 32.7 Å². The molecule has 0 saturated carbocycles. The van der Waals surface area contributed by atoms with Crippen LogP contribution in [0.15, 0.2) is 97.1 Å². The summed E-state index contributed by atoms with van der Waals surface area (Å²) in [6, 6.07) is 29.7. The molecule has 168 valence electrons. The molecule has 4 rings (SSSR count). The Balaban J connectivity index is 1.57. The Hall–Kier alpha value is -3.06. The summed E-state index contributed by atoms with van der Waals surface area (Å²) in [4.78, 5) is 0. The summed E-state index contributed by atoms with van der Waals surface area (Å²) in [5, 5.41) is 43.7. The van der Waals surface area contributed by atoms with Crippen molar-refractivity contribution in [3.8, 4) is 23.0 Å². The smallest absolute Gasteiger partial charge is 0.115 e. The third-order valence-corrected chi connectivity index (χ3v) is 10.6. The van der Waals surface area contributed by atoms with E-state index in [1.54, 1.807) is 48.5 Å². The van der Waals surface area contributed by atoms with Gasteiger partial charge in [0, 0.05) is 0 Å². The van der Waals surface area contributed by atoms with Gasteiger partial charge in [0.15, 0.2) is 0 Å². The number of aromatic hydroxyl groups is 4. The second-order valence-electron chi connectivity index (χ2n) is 7.72. The maximum atomic E-state index is 9.73. The van der Waals surface area contributed by atoms with E-state index in [2.05, 4.69) is 0 Å². The lowest BCUT2D eigenvalue weighted by molar-refractivity contribution is 0.475. The van der Waals surface area contributed by atoms with E-state index in [0.717, 1.165) is 18.7 Å². The molecule has 0 aliphatic carbocycles. The minimum atomic E-state index is -0.646. The molecule has 0 aromatic heterocycles. The second kappa shape index (κ2) is 10.7. The van der Waals surface area contributed by atoms with E-state index in [9.17, 15) is 20.4 Å². The molecule has 6 heteroatoms. The molecule has 4 aromatic carbocycles. The van der Waals surface area contributed by atoms with Gasteiger partial charge in [-0.15, -0.1) is 0 Å². The fourth-order valence-corrected chi connectivity index (χ4v) is 8.59. The monoisotopic (exact) mass is 476 g/mol. The molecule has 0 aliphatic rings. The standard InChI is InChI=1S/C27H26O4P2/c28-20-2-10-24(11-3-20)32(25-12-4-21(29)5-13-25)18-1-19-33(26-14-6-22(30)7-15-26)27-16-8-23(31)9-17-27/h2-17,28-31H,1,18-19H2. The fourth-order valence-electron chi connectivity index (χ4n) is 3.73. The van der Waals surface area contributed by atoms with Crippen molar-refractivity contribution in [1.82, 2.24) is 0 Å². The average molecular weight is 476 g/mol. The fraction of sp³-hybridized carbons (Fsp3) is 0.111. The zero-order chi connectivity index (χ0) is 23.2. The van der Waals surface area contributed by atoms with E-state index < -0.39 is 15.8 Å². The Bertz CT molecular complexity index is 973. The molecule has 0 heterocycles. The van der Waals surface area contributed by atoms with Gasteiger partial charge < -0.3 is 20.4 Å². The lowest BCUT2D eigenvalue weighted by atomic mass is 10.3. The van der Waals surface area contributed by atoms with Crippen LogP contribution in [0.3, 0.4) is 0 Å². The van der Waals surface area contributed by atoms with Crippen molar-refractivity contribution in [3.63, 3.8) is 0 Å². The third kappa shape index (κ3) is 6.05. The zero-order valence-corrected chi connectivity index (χ0v) is 19.8. The number of phenols is 4. The minimum absolute atomic E-state index is 0.252. The van der Waals surface area contributed by atoms with E-state index in [0.29, 0.717) is 0 Å². The quantitative estimate of drug-likeness (QED) is 0.283. The highest BCUT2D eigenvalue weighted by Gasteiger charge is 2.18. The van der Waals surface area contributed by atoms with Gasteiger partial charge in [-0.2, -0.15) is 0 Å². The molecule has 0 radical (unpaired) electrons. The van der Waals surface area contributed by atoms with Crippen LogP contribution in [0.2, 0.25) is 0 Å². The normalized spacial score (nSPS) is 11.2. The lowest BCUT2D eigenvalue weighted by Gasteiger charge is -2.22. The van der Waals surface area contributed by atoms with Crippen molar-refractivity contribution < 1.29 is 20.4 Å². The van der Waals surface area contributed by atoms with Gasteiger partial charge in [-0.25, -0.2) is 0 Å². The van der Waals surface area contributed by atoms with E-state index >= 15 is 0 Å². The van der Waals surface area contributed by atoms with Gasteiger partial charge in [0.1, 0.15) is 23.0 Å². The van der Waals surface area contributed by atoms with Gasteiger partial charge >= 0.3 is 0 Å². The van der Waals surface area contributed by atoms with Gasteiger partial charge in [0.25, 0.3) is 0 Å². The first-order valence-electron chi connectivity index (χ1n) is 10.7. The molecule has 0 spiro atoms. The van der Waals surface area contributed by atoms with Crippen molar-refractivity contribution in [2.24, 2.45) is 0 Å². The van der Waals surface area contributed by atoms with E-state index in [1.165, 1.54) is 21.2 Å². The number of hydrogen-bond donors (Lipinski definition) is 4. The number of phenolic OH excluding ortho intramolecular Hbond substituents is 4. The Morgan fingerprint density at radius 3 is 0.788 bits per heavy atom. The maximum absolute atomic E-state index is 9.73. The summed E-state index contributed by atoms with van der Waals surface area (Å²) in [6.07, 6.45) is 2.93. The number of benzene rings is 4. The summed E-state index contributed by atoms with van der Waals surface area (Å²) < 4.78 is 0. The van der Waals surface area contributed by atoms with Crippen LogP contribution < -0.4 is 21.2 Å². The van der Waals surface area contributed by atoms with Crippen molar-refractivity contribution in [1.29, 1.82) is 0 Å². The Morgan fingerprint density at radius 1 is 0.364 bits per heavy atom. The minimum Gasteiger partial charge on any atom is -0.508 e. The highest BCUT2D eigenvalue weighted by atomic mass is 31.1. The summed E-state index contributed by atoms with van der Waals surface area (Å²) in [5.41, 5.74) is 0. The predicted molar refractivity (Wildman–Crippen MR) is 139 cm³/mol. The summed E-state index contributed by atoms with van der Waals surface area (Å²) >= 11 is 0. The third-order valence-electron chi connectivity index (χ3n) is 5.41. The van der Waals surface area contributed by atoms with Crippen LogP contribution in [-0.2, 0) is 0 Å². The molecule has 0 amide bonds. The largest absolute Gasteiger partial charge is 0.508 e. The van der Waals surface area contributed by atoms with Crippen molar-refractivity contribution in [2.75, 3.05) is 12.3 Å². The van der Waals surface area contributed by atoms with Gasteiger partial charge in [-0.3, -0.25) is 0 Å². The topological polar surface area (TPSA) is 80.9 Å². The molecule has 0 unspecified atom stereocenters. The molecule has 4 nitrogen and oxygen atoms in total. The Kier molecular flexibility index (Phi) is 7.50. The van der Waals surface area contributed by atoms with Crippen molar-refractivity contribution in [3.05, 3.63) is 97.1 Å². The van der Waals surface area contributed by atoms with Crippen LogP contribution in [0.5, 0.6) is 23.0 Å². The molecular formula is C27H26O4P2. The first-order chi connectivity index (χ1) is 16.0. The molecule has 4 aromatic rings. The molecule has 0 fully saturated rings. The van der Waals surface area contributed by atoms with Gasteiger partial charge in [-0.1, -0.05) is 48.5 Å². The number of hydrogen-bond acceptors (Lipinski definition) is 4. The van der Waals surface area contributed by atoms with Gasteiger partial charge in [0.2, 0.25) is 0 Å². The first kappa shape index (κ1) is 23.1.